The van der Waals surface area contributed by atoms with Gasteiger partial charge in [0, 0.05) is 0 Å². The Bertz CT molecular complexity index is 456. The Balaban J connectivity index is 2.50. The third kappa shape index (κ3) is 4.91. The predicted molar refractivity (Wildman–Crippen MR) is 78.5 cm³/mol. The molecule has 0 saturated heterocycles. The maximum absolute atomic E-state index is 10.6. The van der Waals surface area contributed by atoms with E-state index in [1.807, 2.05) is 19.1 Å². The van der Waals surface area contributed by atoms with Crippen molar-refractivity contribution < 1.29 is 14.6 Å². The van der Waals surface area contributed by atoms with Gasteiger partial charge in [0.05, 0.1) is 15.6 Å². The second-order valence-corrected chi connectivity index (χ2v) is 5.72. The lowest BCUT2D eigenvalue weighted by atomic mass is 10.2. The third-order valence-electron chi connectivity index (χ3n) is 2.42. The minimum absolute atomic E-state index is 0.167. The summed E-state index contributed by atoms with van der Waals surface area (Å²) in [5.74, 6) is -0.538. The Morgan fingerprint density at radius 3 is 2.47 bits per heavy atom. The quantitative estimate of drug-likeness (QED) is 0.562. The van der Waals surface area contributed by atoms with Crippen LogP contribution in [0.4, 0.5) is 0 Å². The van der Waals surface area contributed by atoms with E-state index < -0.39 is 12.0 Å². The van der Waals surface area contributed by atoms with Crippen LogP contribution in [0, 0.1) is 11.8 Å². The SMILES string of the molecule is Cc1cc(Br)c(OCCCC(N=O)C(=O)O)c(Br)c1. The molecule has 0 fully saturated rings. The van der Waals surface area contributed by atoms with E-state index >= 15 is 0 Å². The van der Waals surface area contributed by atoms with Crippen molar-refractivity contribution >= 4 is 37.8 Å². The molecule has 0 aromatic heterocycles. The van der Waals surface area contributed by atoms with Crippen molar-refractivity contribution in [3.8, 4) is 5.75 Å². The minimum atomic E-state index is -1.20. The lowest BCUT2D eigenvalue weighted by Crippen LogP contribution is -2.18. The average Bonchev–Trinajstić information content (AvgIpc) is 2.31. The van der Waals surface area contributed by atoms with E-state index in [-0.39, 0.29) is 6.42 Å². The number of aliphatic carboxylic acids is 1. The van der Waals surface area contributed by atoms with Gasteiger partial charge in [-0.15, -0.1) is 4.91 Å². The molecule has 0 saturated carbocycles. The van der Waals surface area contributed by atoms with Gasteiger partial charge in [0.2, 0.25) is 0 Å². The molecule has 0 aliphatic carbocycles. The first-order valence-corrected chi connectivity index (χ1v) is 7.18. The summed E-state index contributed by atoms with van der Waals surface area (Å²) in [7, 11) is 0. The summed E-state index contributed by atoms with van der Waals surface area (Å²) in [6, 6.07) is 2.65. The summed E-state index contributed by atoms with van der Waals surface area (Å²) >= 11 is 6.80. The van der Waals surface area contributed by atoms with Crippen molar-refractivity contribution in [2.45, 2.75) is 25.8 Å². The fraction of sp³-hybridized carbons (Fsp3) is 0.417. The van der Waals surface area contributed by atoms with Gasteiger partial charge in [-0.2, -0.15) is 0 Å². The highest BCUT2D eigenvalue weighted by atomic mass is 79.9. The Hall–Kier alpha value is -0.950. The summed E-state index contributed by atoms with van der Waals surface area (Å²) in [6.07, 6.45) is 0.607. The van der Waals surface area contributed by atoms with Crippen molar-refractivity contribution in [1.82, 2.24) is 0 Å². The molecule has 0 bridgehead atoms. The molecule has 1 atom stereocenters. The van der Waals surface area contributed by atoms with Crippen molar-refractivity contribution in [3.05, 3.63) is 31.5 Å². The first kappa shape index (κ1) is 16.1. The Morgan fingerprint density at radius 2 is 2.00 bits per heavy atom. The van der Waals surface area contributed by atoms with Crippen LogP contribution in [0.2, 0.25) is 0 Å². The monoisotopic (exact) mass is 393 g/mol. The molecule has 19 heavy (non-hydrogen) atoms. The van der Waals surface area contributed by atoms with E-state index in [0.717, 1.165) is 14.5 Å². The number of carboxylic acid groups (broad SMARTS) is 1. The first-order chi connectivity index (χ1) is 8.95. The van der Waals surface area contributed by atoms with Gasteiger partial charge < -0.3 is 9.84 Å². The molecular formula is C12H13Br2NO4. The van der Waals surface area contributed by atoms with E-state index in [0.29, 0.717) is 18.8 Å². The van der Waals surface area contributed by atoms with E-state index in [9.17, 15) is 9.70 Å². The van der Waals surface area contributed by atoms with Crippen LogP contribution in [-0.2, 0) is 4.79 Å². The summed E-state index contributed by atoms with van der Waals surface area (Å²) in [5, 5.41) is 11.2. The van der Waals surface area contributed by atoms with E-state index in [2.05, 4.69) is 37.0 Å². The van der Waals surface area contributed by atoms with Crippen molar-refractivity contribution in [1.29, 1.82) is 0 Å². The maximum Gasteiger partial charge on any atom is 0.332 e. The van der Waals surface area contributed by atoms with Crippen LogP contribution in [0.3, 0.4) is 0 Å². The number of hydrogen-bond acceptors (Lipinski definition) is 4. The van der Waals surface area contributed by atoms with Crippen molar-refractivity contribution in [2.75, 3.05) is 6.61 Å². The predicted octanol–water partition coefficient (Wildman–Crippen LogP) is 3.90. The van der Waals surface area contributed by atoms with Crippen LogP contribution in [0.15, 0.2) is 26.3 Å². The minimum Gasteiger partial charge on any atom is -0.491 e. The fourth-order valence-electron chi connectivity index (χ4n) is 1.50. The third-order valence-corrected chi connectivity index (χ3v) is 3.60. The smallest absolute Gasteiger partial charge is 0.332 e. The number of hydrogen-bond donors (Lipinski definition) is 1. The highest BCUT2D eigenvalue weighted by molar-refractivity contribution is 9.11. The van der Waals surface area contributed by atoms with E-state index in [4.69, 9.17) is 9.84 Å². The summed E-state index contributed by atoms with van der Waals surface area (Å²) < 4.78 is 7.21. The van der Waals surface area contributed by atoms with Crippen molar-refractivity contribution in [3.63, 3.8) is 0 Å². The molecule has 1 aromatic rings. The topological polar surface area (TPSA) is 76.0 Å². The number of rotatable bonds is 7. The fourth-order valence-corrected chi connectivity index (χ4v) is 3.14. The molecule has 0 spiro atoms. The summed E-state index contributed by atoms with van der Waals surface area (Å²) in [6.45, 7) is 2.28. The van der Waals surface area contributed by atoms with Crippen LogP contribution in [0.5, 0.6) is 5.75 Å². The lowest BCUT2D eigenvalue weighted by molar-refractivity contribution is -0.138. The number of aryl methyl sites for hydroxylation is 1. The number of benzene rings is 1. The number of ether oxygens (including phenoxy) is 1. The van der Waals surface area contributed by atoms with Crippen molar-refractivity contribution in [2.24, 2.45) is 5.18 Å². The van der Waals surface area contributed by atoms with E-state index in [1.54, 1.807) is 0 Å². The van der Waals surface area contributed by atoms with Gasteiger partial charge in [0.15, 0.2) is 6.04 Å². The molecule has 5 nitrogen and oxygen atoms in total. The van der Waals surface area contributed by atoms with Gasteiger partial charge in [-0.25, -0.2) is 4.79 Å². The molecule has 0 heterocycles. The number of nitrogens with zero attached hydrogens (tertiary/aromatic N) is 1. The van der Waals surface area contributed by atoms with Gasteiger partial charge in [-0.1, -0.05) is 5.18 Å². The molecule has 1 unspecified atom stereocenters. The Kier molecular flexibility index (Phi) is 6.44. The molecule has 0 amide bonds. The van der Waals surface area contributed by atoms with E-state index in [1.165, 1.54) is 0 Å². The Morgan fingerprint density at radius 1 is 1.42 bits per heavy atom. The molecule has 0 aliphatic rings. The molecule has 0 radical (unpaired) electrons. The van der Waals surface area contributed by atoms with Gasteiger partial charge >= 0.3 is 5.97 Å². The van der Waals surface area contributed by atoms with Crippen LogP contribution >= 0.6 is 31.9 Å². The largest absolute Gasteiger partial charge is 0.491 e. The Labute approximate surface area is 127 Å². The maximum atomic E-state index is 10.6. The van der Waals surface area contributed by atoms with Gasteiger partial charge in [0.25, 0.3) is 0 Å². The van der Waals surface area contributed by atoms with Gasteiger partial charge in [-0.3, -0.25) is 0 Å². The second-order valence-electron chi connectivity index (χ2n) is 4.01. The van der Waals surface area contributed by atoms with Crippen LogP contribution in [0.25, 0.3) is 0 Å². The normalized spacial score (nSPS) is 11.9. The number of carboxylic acids is 1. The van der Waals surface area contributed by atoms with Crippen LogP contribution in [0.1, 0.15) is 18.4 Å². The molecule has 1 N–H and O–H groups in total. The number of nitroso groups, excluding NO2 is 1. The average molecular weight is 395 g/mol. The number of carbonyl (C=O) groups is 1. The molecule has 7 heteroatoms. The standard InChI is InChI=1S/C12H13Br2NO4/c1-7-5-8(13)11(9(14)6-7)19-4-2-3-10(15-18)12(16)17/h5-6,10H,2-4H2,1H3,(H,16,17). The molecular weight excluding hydrogens is 382 g/mol. The molecule has 0 aliphatic heterocycles. The number of halogens is 2. The van der Waals surface area contributed by atoms with Crippen LogP contribution < -0.4 is 4.74 Å². The summed E-state index contributed by atoms with van der Waals surface area (Å²) in [4.78, 5) is 20.9. The molecule has 1 rings (SSSR count). The highest BCUT2D eigenvalue weighted by Gasteiger charge is 2.17. The molecule has 1 aromatic carbocycles. The zero-order chi connectivity index (χ0) is 14.4. The zero-order valence-corrected chi connectivity index (χ0v) is 13.4. The van der Waals surface area contributed by atoms with Crippen LogP contribution in [-0.4, -0.2) is 23.7 Å². The molecule has 104 valence electrons. The highest BCUT2D eigenvalue weighted by Crippen LogP contribution is 2.34. The first-order valence-electron chi connectivity index (χ1n) is 5.59. The summed E-state index contributed by atoms with van der Waals surface area (Å²) in [5.41, 5.74) is 1.09. The lowest BCUT2D eigenvalue weighted by Gasteiger charge is -2.11. The second kappa shape index (κ2) is 7.59. The zero-order valence-electron chi connectivity index (χ0n) is 10.2. The van der Waals surface area contributed by atoms with Gasteiger partial charge in [0.1, 0.15) is 5.75 Å². The van der Waals surface area contributed by atoms with Gasteiger partial charge in [-0.05, 0) is 69.3 Å².